The van der Waals surface area contributed by atoms with Gasteiger partial charge in [-0.1, -0.05) is 18.3 Å². The fourth-order valence-electron chi connectivity index (χ4n) is 2.22. The molecule has 0 radical (unpaired) electrons. The summed E-state index contributed by atoms with van der Waals surface area (Å²) >= 11 is 0.943. The Morgan fingerprint density at radius 1 is 1.25 bits per heavy atom. The molecular formula is C17H20FN3O5S2. The molecule has 0 aliphatic carbocycles. The third-order valence-corrected chi connectivity index (χ3v) is 6.17. The highest BCUT2D eigenvalue weighted by molar-refractivity contribution is 7.89. The van der Waals surface area contributed by atoms with Gasteiger partial charge in [0.25, 0.3) is 0 Å². The van der Waals surface area contributed by atoms with E-state index in [2.05, 4.69) is 15.0 Å². The molecule has 1 heterocycles. The molecule has 2 aromatic rings. The zero-order chi connectivity index (χ0) is 20.9. The zero-order valence-electron chi connectivity index (χ0n) is 15.5. The Morgan fingerprint density at radius 2 is 1.89 bits per heavy atom. The Kier molecular flexibility index (Phi) is 7.22. The number of esters is 1. The van der Waals surface area contributed by atoms with E-state index in [1.54, 1.807) is 20.8 Å². The SMILES string of the molecule is CCOC(=O)c1sc(NC(=O)C(CC)NS(=O)(=O)c2ccc(F)cc2)nc1C. The average Bonchev–Trinajstić information content (AvgIpc) is 3.00. The first kappa shape index (κ1) is 21.9. The fraction of sp³-hybridized carbons (Fsp3) is 0.353. The van der Waals surface area contributed by atoms with Crippen molar-refractivity contribution >= 4 is 38.4 Å². The third-order valence-electron chi connectivity index (χ3n) is 3.63. The number of aryl methyl sites for hydroxylation is 1. The maximum Gasteiger partial charge on any atom is 0.350 e. The molecule has 1 amide bonds. The van der Waals surface area contributed by atoms with E-state index in [0.717, 1.165) is 35.6 Å². The van der Waals surface area contributed by atoms with E-state index < -0.39 is 33.8 Å². The third kappa shape index (κ3) is 5.33. The van der Waals surface area contributed by atoms with Gasteiger partial charge in [0.1, 0.15) is 16.7 Å². The van der Waals surface area contributed by atoms with Crippen molar-refractivity contribution < 1.29 is 27.1 Å². The second-order valence-electron chi connectivity index (χ2n) is 5.68. The van der Waals surface area contributed by atoms with E-state index in [1.807, 2.05) is 0 Å². The van der Waals surface area contributed by atoms with Gasteiger partial charge in [-0.05, 0) is 44.5 Å². The van der Waals surface area contributed by atoms with Gasteiger partial charge in [0.15, 0.2) is 5.13 Å². The van der Waals surface area contributed by atoms with Crippen molar-refractivity contribution in [2.45, 2.75) is 38.1 Å². The minimum atomic E-state index is -4.02. The molecule has 1 atom stereocenters. The average molecular weight is 429 g/mol. The number of halogens is 1. The van der Waals surface area contributed by atoms with Crippen molar-refractivity contribution in [1.82, 2.24) is 9.71 Å². The van der Waals surface area contributed by atoms with Crippen LogP contribution in [0, 0.1) is 12.7 Å². The summed E-state index contributed by atoms with van der Waals surface area (Å²) in [6, 6.07) is 3.18. The number of nitrogens with one attached hydrogen (secondary N) is 2. The maximum absolute atomic E-state index is 13.0. The molecule has 8 nitrogen and oxygen atoms in total. The van der Waals surface area contributed by atoms with Crippen molar-refractivity contribution in [1.29, 1.82) is 0 Å². The largest absolute Gasteiger partial charge is 0.462 e. The Bertz CT molecular complexity index is 958. The van der Waals surface area contributed by atoms with Crippen molar-refractivity contribution in [3.8, 4) is 0 Å². The monoisotopic (exact) mass is 429 g/mol. The standard InChI is InChI=1S/C17H20FN3O5S2/c1-4-13(21-28(24,25)12-8-6-11(18)7-9-12)15(22)20-17-19-10(3)14(27-17)16(23)26-5-2/h6-9,13,21H,4-5H2,1-3H3,(H,19,20,22). The van der Waals surface area contributed by atoms with Gasteiger partial charge in [-0.3, -0.25) is 4.79 Å². The van der Waals surface area contributed by atoms with Crippen LogP contribution < -0.4 is 10.0 Å². The second-order valence-corrected chi connectivity index (χ2v) is 8.39. The number of thiazole rings is 1. The van der Waals surface area contributed by atoms with Crippen LogP contribution in [0.3, 0.4) is 0 Å². The summed E-state index contributed by atoms with van der Waals surface area (Å²) in [6.45, 7) is 5.12. The van der Waals surface area contributed by atoms with Gasteiger partial charge in [-0.25, -0.2) is 22.6 Å². The number of hydrogen-bond donors (Lipinski definition) is 2. The van der Waals surface area contributed by atoms with Gasteiger partial charge in [0.05, 0.1) is 17.2 Å². The Balaban J connectivity index is 2.12. The first-order valence-electron chi connectivity index (χ1n) is 8.41. The van der Waals surface area contributed by atoms with E-state index in [9.17, 15) is 22.4 Å². The summed E-state index contributed by atoms with van der Waals surface area (Å²) in [5.41, 5.74) is 0.402. The van der Waals surface area contributed by atoms with Gasteiger partial charge in [0, 0.05) is 0 Å². The lowest BCUT2D eigenvalue weighted by Crippen LogP contribution is -2.43. The van der Waals surface area contributed by atoms with Crippen LogP contribution in [-0.2, 0) is 19.6 Å². The summed E-state index contributed by atoms with van der Waals surface area (Å²) in [4.78, 5) is 28.5. The molecule has 152 valence electrons. The highest BCUT2D eigenvalue weighted by Crippen LogP contribution is 2.23. The van der Waals surface area contributed by atoms with Crippen molar-refractivity contribution in [3.63, 3.8) is 0 Å². The van der Waals surface area contributed by atoms with E-state index in [1.165, 1.54) is 0 Å². The molecule has 0 aliphatic rings. The molecule has 0 spiro atoms. The summed E-state index contributed by atoms with van der Waals surface area (Å²) in [7, 11) is -4.02. The van der Waals surface area contributed by atoms with Gasteiger partial charge < -0.3 is 10.1 Å². The number of ether oxygens (including phenoxy) is 1. The van der Waals surface area contributed by atoms with Crippen LogP contribution in [0.25, 0.3) is 0 Å². The smallest absolute Gasteiger partial charge is 0.350 e. The van der Waals surface area contributed by atoms with E-state index in [-0.39, 0.29) is 27.9 Å². The number of benzene rings is 1. The van der Waals surface area contributed by atoms with Crippen LogP contribution in [0.1, 0.15) is 35.6 Å². The number of aromatic nitrogens is 1. The number of rotatable bonds is 8. The van der Waals surface area contributed by atoms with E-state index in [0.29, 0.717) is 5.69 Å². The first-order chi connectivity index (χ1) is 13.2. The first-order valence-corrected chi connectivity index (χ1v) is 10.7. The normalized spacial score (nSPS) is 12.4. The molecule has 11 heteroatoms. The minimum Gasteiger partial charge on any atom is -0.462 e. The molecular weight excluding hydrogens is 409 g/mol. The summed E-state index contributed by atoms with van der Waals surface area (Å²) < 4.78 is 45.0. The maximum atomic E-state index is 13.0. The van der Waals surface area contributed by atoms with Crippen molar-refractivity contribution in [2.75, 3.05) is 11.9 Å². The molecule has 0 aliphatic heterocycles. The molecule has 1 aromatic heterocycles. The number of carbonyl (C=O) groups is 2. The van der Waals surface area contributed by atoms with Crippen molar-refractivity contribution in [3.05, 3.63) is 40.7 Å². The summed E-state index contributed by atoms with van der Waals surface area (Å²) in [6.07, 6.45) is 0.168. The minimum absolute atomic E-state index is 0.157. The number of anilines is 1. The molecule has 1 unspecified atom stereocenters. The lowest BCUT2D eigenvalue weighted by atomic mass is 10.2. The number of carbonyl (C=O) groups excluding carboxylic acids is 2. The lowest BCUT2D eigenvalue weighted by molar-refractivity contribution is -0.117. The topological polar surface area (TPSA) is 114 Å². The Labute approximate surface area is 166 Å². The summed E-state index contributed by atoms with van der Waals surface area (Å²) in [5, 5.41) is 2.67. The van der Waals surface area contributed by atoms with Crippen LogP contribution in [-0.4, -0.2) is 37.9 Å². The van der Waals surface area contributed by atoms with E-state index >= 15 is 0 Å². The number of sulfonamides is 1. The molecule has 0 fully saturated rings. The quantitative estimate of drug-likeness (QED) is 0.623. The fourth-order valence-corrected chi connectivity index (χ4v) is 4.36. The number of amides is 1. The zero-order valence-corrected chi connectivity index (χ0v) is 17.1. The molecule has 1 aromatic carbocycles. The predicted molar refractivity (Wildman–Crippen MR) is 102 cm³/mol. The molecule has 0 bridgehead atoms. The molecule has 0 saturated heterocycles. The molecule has 2 N–H and O–H groups in total. The van der Waals surface area contributed by atoms with Crippen LogP contribution >= 0.6 is 11.3 Å². The number of hydrogen-bond acceptors (Lipinski definition) is 7. The highest BCUT2D eigenvalue weighted by Gasteiger charge is 2.26. The van der Waals surface area contributed by atoms with Crippen molar-refractivity contribution in [2.24, 2.45) is 0 Å². The van der Waals surface area contributed by atoms with Crippen LogP contribution in [0.4, 0.5) is 9.52 Å². The predicted octanol–water partition coefficient (Wildman–Crippen LogP) is 2.46. The molecule has 28 heavy (non-hydrogen) atoms. The van der Waals surface area contributed by atoms with Gasteiger partial charge >= 0.3 is 5.97 Å². The highest BCUT2D eigenvalue weighted by atomic mass is 32.2. The van der Waals surface area contributed by atoms with Gasteiger partial charge in [0.2, 0.25) is 15.9 Å². The van der Waals surface area contributed by atoms with Crippen LogP contribution in [0.2, 0.25) is 0 Å². The van der Waals surface area contributed by atoms with Crippen LogP contribution in [0.15, 0.2) is 29.2 Å². The second kappa shape index (κ2) is 9.22. The Morgan fingerprint density at radius 3 is 2.46 bits per heavy atom. The van der Waals surface area contributed by atoms with Gasteiger partial charge in [-0.2, -0.15) is 4.72 Å². The van der Waals surface area contributed by atoms with E-state index in [4.69, 9.17) is 4.74 Å². The molecule has 2 rings (SSSR count). The number of nitrogens with zero attached hydrogens (tertiary/aromatic N) is 1. The van der Waals surface area contributed by atoms with Gasteiger partial charge in [-0.15, -0.1) is 0 Å². The lowest BCUT2D eigenvalue weighted by Gasteiger charge is -2.16. The summed E-state index contributed by atoms with van der Waals surface area (Å²) in [5.74, 6) is -1.74. The Hall–Kier alpha value is -2.37. The van der Waals surface area contributed by atoms with Crippen LogP contribution in [0.5, 0.6) is 0 Å². The molecule has 0 saturated carbocycles.